The normalized spacial score (nSPS) is 13.9. The quantitative estimate of drug-likeness (QED) is 0.173. The molecular formula is C32H31ClN8O7S2. The average Bonchev–Trinajstić information content (AvgIpc) is 3.61. The average molecular weight is 739 g/mol. The minimum atomic E-state index is -4.90. The summed E-state index contributed by atoms with van der Waals surface area (Å²) in [4.78, 5) is 24.1. The lowest BCUT2D eigenvalue weighted by Gasteiger charge is -2.22. The number of carbonyl (C=O) groups is 1. The van der Waals surface area contributed by atoms with Crippen LogP contribution in [0.1, 0.15) is 50.3 Å². The van der Waals surface area contributed by atoms with Gasteiger partial charge in [0.25, 0.3) is 26.1 Å². The topological polar surface area (TPSA) is 220 Å². The van der Waals surface area contributed by atoms with Gasteiger partial charge in [0.15, 0.2) is 5.82 Å². The lowest BCUT2D eigenvalue weighted by atomic mass is 9.87. The van der Waals surface area contributed by atoms with Gasteiger partial charge in [-0.1, -0.05) is 32.4 Å². The zero-order chi connectivity index (χ0) is 36.6. The maximum absolute atomic E-state index is 12.9. The third kappa shape index (κ3) is 7.90. The van der Waals surface area contributed by atoms with Crippen LogP contribution >= 0.6 is 11.6 Å². The van der Waals surface area contributed by atoms with Gasteiger partial charge in [-0.25, -0.2) is 9.98 Å². The number of nitrogens with zero attached hydrogens (tertiary/aromatic N) is 7. The molecule has 1 amide bonds. The van der Waals surface area contributed by atoms with Crippen molar-refractivity contribution in [2.45, 2.75) is 43.9 Å². The molecule has 3 aromatic carbocycles. The SMILES string of the molecule is CCN(CCC#N)c1ccc(N=C2C(C(C)(C)C)=Nn3nc(-c4ccc(NC(=O)c5cc(S(=O)(=O)O)cc(S(=O)(=O)O)c5)cc4)nc32)c(Cl)c1. The van der Waals surface area contributed by atoms with E-state index in [4.69, 9.17) is 26.8 Å². The Morgan fingerprint density at radius 3 is 2.20 bits per heavy atom. The smallest absolute Gasteiger partial charge is 0.294 e. The van der Waals surface area contributed by atoms with Crippen molar-refractivity contribution in [1.29, 1.82) is 5.26 Å². The number of fused-ring (bicyclic) bond motifs is 1. The Balaban J connectivity index is 1.42. The molecule has 0 aliphatic carbocycles. The molecule has 0 fully saturated rings. The van der Waals surface area contributed by atoms with Gasteiger partial charge in [0.2, 0.25) is 5.82 Å². The molecule has 50 heavy (non-hydrogen) atoms. The fourth-order valence-electron chi connectivity index (χ4n) is 4.97. The highest BCUT2D eigenvalue weighted by Crippen LogP contribution is 2.33. The van der Waals surface area contributed by atoms with E-state index < -0.39 is 46.9 Å². The first kappa shape index (κ1) is 36.3. The summed E-state index contributed by atoms with van der Waals surface area (Å²) < 4.78 is 65.3. The summed E-state index contributed by atoms with van der Waals surface area (Å²) in [6.07, 6.45) is 0.380. The van der Waals surface area contributed by atoms with Crippen LogP contribution in [0.2, 0.25) is 5.02 Å². The molecule has 0 radical (unpaired) electrons. The zero-order valence-electron chi connectivity index (χ0n) is 27.2. The fraction of sp³-hybridized carbons (Fsp3) is 0.250. The highest BCUT2D eigenvalue weighted by Gasteiger charge is 2.35. The lowest BCUT2D eigenvalue weighted by Crippen LogP contribution is -2.27. The van der Waals surface area contributed by atoms with E-state index in [9.17, 15) is 30.7 Å². The van der Waals surface area contributed by atoms with Gasteiger partial charge in [0.05, 0.1) is 38.7 Å². The number of amides is 1. The van der Waals surface area contributed by atoms with Gasteiger partial charge < -0.3 is 10.2 Å². The van der Waals surface area contributed by atoms with Crippen LogP contribution in [-0.4, -0.2) is 71.2 Å². The van der Waals surface area contributed by atoms with E-state index in [1.165, 1.54) is 16.9 Å². The molecular weight excluding hydrogens is 708 g/mol. The summed E-state index contributed by atoms with van der Waals surface area (Å²) in [7, 11) is -9.80. The number of halogens is 1. The van der Waals surface area contributed by atoms with E-state index in [0.717, 1.165) is 17.8 Å². The van der Waals surface area contributed by atoms with Crippen molar-refractivity contribution in [3.63, 3.8) is 0 Å². The molecule has 1 aromatic heterocycles. The molecule has 0 atom stereocenters. The fourth-order valence-corrected chi connectivity index (χ4v) is 6.36. The van der Waals surface area contributed by atoms with Crippen LogP contribution in [0, 0.1) is 16.7 Å². The number of benzene rings is 3. The zero-order valence-corrected chi connectivity index (χ0v) is 29.5. The first-order valence-electron chi connectivity index (χ1n) is 15.0. The molecule has 1 aliphatic rings. The first-order valence-corrected chi connectivity index (χ1v) is 18.2. The molecule has 0 bridgehead atoms. The van der Waals surface area contributed by atoms with E-state index in [-0.39, 0.29) is 5.69 Å². The second kappa shape index (κ2) is 13.7. The predicted octanol–water partition coefficient (Wildman–Crippen LogP) is 5.47. The number of rotatable bonds is 10. The maximum atomic E-state index is 12.9. The standard InChI is InChI=1S/C32H31ClN8O7S2/c1-5-40(14-6-13-34)22-11-12-26(25(33)17-22)36-27-28(32(2,3)4)38-41-30(27)37-29(39-41)19-7-9-21(10-8-19)35-31(42)20-15-23(49(43,44)45)18-24(16-20)50(46,47)48/h7-12,15-18H,5-6,14H2,1-4H3,(H,35,42)(H,43,44,45)(H,46,47,48). The minimum absolute atomic E-state index is 0.249. The van der Waals surface area contributed by atoms with E-state index in [1.807, 2.05) is 38.7 Å². The third-order valence-electron chi connectivity index (χ3n) is 7.47. The Bertz CT molecular complexity index is 2270. The molecule has 1 aliphatic heterocycles. The molecule has 0 saturated carbocycles. The van der Waals surface area contributed by atoms with Crippen LogP contribution in [0.4, 0.5) is 17.1 Å². The Labute approximate surface area is 293 Å². The monoisotopic (exact) mass is 738 g/mol. The molecule has 4 aromatic rings. The van der Waals surface area contributed by atoms with Gasteiger partial charge in [-0.2, -0.15) is 27.2 Å². The molecule has 2 heterocycles. The number of nitrogens with one attached hydrogen (secondary N) is 1. The van der Waals surface area contributed by atoms with Gasteiger partial charge in [0.1, 0.15) is 5.71 Å². The molecule has 15 nitrogen and oxygen atoms in total. The van der Waals surface area contributed by atoms with Crippen molar-refractivity contribution in [2.75, 3.05) is 23.3 Å². The van der Waals surface area contributed by atoms with E-state index >= 15 is 0 Å². The van der Waals surface area contributed by atoms with Crippen LogP contribution in [0.3, 0.4) is 0 Å². The van der Waals surface area contributed by atoms with Crippen molar-refractivity contribution in [3.8, 4) is 17.5 Å². The number of aromatic nitrogens is 3. The van der Waals surface area contributed by atoms with Crippen LogP contribution in [0.5, 0.6) is 0 Å². The van der Waals surface area contributed by atoms with Gasteiger partial charge in [-0.05, 0) is 67.6 Å². The van der Waals surface area contributed by atoms with Crippen molar-refractivity contribution < 1.29 is 30.7 Å². The van der Waals surface area contributed by atoms with Crippen LogP contribution in [0.25, 0.3) is 11.4 Å². The molecule has 18 heteroatoms. The second-order valence-electron chi connectivity index (χ2n) is 12.1. The van der Waals surface area contributed by atoms with Crippen LogP contribution in [-0.2, 0) is 20.2 Å². The summed E-state index contributed by atoms with van der Waals surface area (Å²) in [5.41, 5.74) is 2.44. The third-order valence-corrected chi connectivity index (χ3v) is 9.44. The summed E-state index contributed by atoms with van der Waals surface area (Å²) in [6, 6.07) is 16.0. The van der Waals surface area contributed by atoms with Crippen molar-refractivity contribution >= 4 is 66.2 Å². The number of carbonyl (C=O) groups excluding carboxylic acids is 1. The van der Waals surface area contributed by atoms with Gasteiger partial charge in [-0.3, -0.25) is 13.9 Å². The number of nitriles is 1. The van der Waals surface area contributed by atoms with Gasteiger partial charge in [0, 0.05) is 41.0 Å². The Kier molecular flexibility index (Phi) is 9.96. The van der Waals surface area contributed by atoms with Gasteiger partial charge in [-0.15, -0.1) is 9.89 Å². The molecule has 260 valence electrons. The Morgan fingerprint density at radius 2 is 1.66 bits per heavy atom. The number of hydrogen-bond donors (Lipinski definition) is 3. The number of aliphatic imine (C=N–C) groups is 1. The summed E-state index contributed by atoms with van der Waals surface area (Å²) in [6.45, 7) is 9.24. The molecule has 3 N–H and O–H groups in total. The van der Waals surface area contributed by atoms with Crippen LogP contribution in [0.15, 0.2) is 80.5 Å². The molecule has 0 spiro atoms. The molecule has 5 rings (SSSR count). The second-order valence-corrected chi connectivity index (χ2v) is 15.4. The van der Waals surface area contributed by atoms with E-state index in [0.29, 0.717) is 64.9 Å². The largest absolute Gasteiger partial charge is 0.371 e. The summed E-state index contributed by atoms with van der Waals surface area (Å²) in [5, 5.41) is 21.1. The number of hydrogen-bond acceptors (Lipinski definition) is 11. The van der Waals surface area contributed by atoms with Crippen molar-refractivity contribution in [3.05, 3.63) is 77.1 Å². The van der Waals surface area contributed by atoms with E-state index in [2.05, 4.69) is 21.6 Å². The Hall–Kier alpha value is -4.99. The molecule has 0 saturated heterocycles. The minimum Gasteiger partial charge on any atom is -0.371 e. The Morgan fingerprint density at radius 1 is 1.02 bits per heavy atom. The highest BCUT2D eigenvalue weighted by molar-refractivity contribution is 7.86. The first-order chi connectivity index (χ1) is 23.4. The lowest BCUT2D eigenvalue weighted by molar-refractivity contribution is 0.102. The summed E-state index contributed by atoms with van der Waals surface area (Å²) in [5.74, 6) is -0.216. The van der Waals surface area contributed by atoms with Crippen LogP contribution < -0.4 is 10.2 Å². The van der Waals surface area contributed by atoms with Gasteiger partial charge >= 0.3 is 0 Å². The predicted molar refractivity (Wildman–Crippen MR) is 188 cm³/mol. The maximum Gasteiger partial charge on any atom is 0.294 e. The summed E-state index contributed by atoms with van der Waals surface area (Å²) >= 11 is 6.69. The van der Waals surface area contributed by atoms with Crippen molar-refractivity contribution in [1.82, 2.24) is 14.9 Å². The number of anilines is 2. The van der Waals surface area contributed by atoms with Crippen molar-refractivity contribution in [2.24, 2.45) is 15.5 Å². The molecule has 0 unspecified atom stereocenters. The van der Waals surface area contributed by atoms with E-state index in [1.54, 1.807) is 24.3 Å². The highest BCUT2D eigenvalue weighted by atomic mass is 35.5.